The second kappa shape index (κ2) is 11.9. The van der Waals surface area contributed by atoms with Gasteiger partial charge in [-0.15, -0.1) is 0 Å². The first kappa shape index (κ1) is 29.4. The standard InChI is InChI=1S/C25H28F6N6O3/c26-24(27,28)20-15-18(1-3-21(20)37(39)40)33-17-5-9-36(10-6-17)23(38)7-8-34-11-13-35(14-12-34)19-2-4-22(32-16-19)25(29,30)31/h1-4,15-17,33H,5-14H2. The van der Waals surface area contributed by atoms with E-state index in [2.05, 4.69) is 15.2 Å². The van der Waals surface area contributed by atoms with E-state index < -0.39 is 34.2 Å². The monoisotopic (exact) mass is 574 g/mol. The molecule has 0 atom stereocenters. The highest BCUT2D eigenvalue weighted by molar-refractivity contribution is 5.76. The Hall–Kier alpha value is -3.62. The van der Waals surface area contributed by atoms with Crippen LogP contribution in [0.3, 0.4) is 0 Å². The summed E-state index contributed by atoms with van der Waals surface area (Å²) in [5.41, 5.74) is -2.50. The van der Waals surface area contributed by atoms with Gasteiger partial charge in [-0.3, -0.25) is 19.8 Å². The average molecular weight is 575 g/mol. The van der Waals surface area contributed by atoms with E-state index in [1.807, 2.05) is 4.90 Å². The van der Waals surface area contributed by atoms with Gasteiger partial charge in [-0.1, -0.05) is 0 Å². The molecule has 2 fully saturated rings. The molecule has 3 heterocycles. The molecule has 40 heavy (non-hydrogen) atoms. The third-order valence-electron chi connectivity index (χ3n) is 7.13. The molecule has 0 unspecified atom stereocenters. The van der Waals surface area contributed by atoms with Crippen LogP contribution in [0.1, 0.15) is 30.5 Å². The van der Waals surface area contributed by atoms with E-state index in [1.54, 1.807) is 4.90 Å². The number of anilines is 2. The number of halogens is 6. The van der Waals surface area contributed by atoms with Gasteiger partial charge in [-0.25, -0.2) is 4.98 Å². The Labute approximate surface area is 225 Å². The molecule has 0 bridgehead atoms. The fourth-order valence-corrected chi connectivity index (χ4v) is 4.90. The number of pyridine rings is 1. The van der Waals surface area contributed by atoms with Gasteiger partial charge in [0.2, 0.25) is 5.91 Å². The number of benzene rings is 1. The minimum atomic E-state index is -4.86. The Bertz CT molecular complexity index is 1190. The minimum absolute atomic E-state index is 0.0255. The summed E-state index contributed by atoms with van der Waals surface area (Å²) in [5.74, 6) is -0.0255. The molecule has 2 aliphatic heterocycles. The lowest BCUT2D eigenvalue weighted by Crippen LogP contribution is -2.48. The quantitative estimate of drug-likeness (QED) is 0.293. The number of amides is 1. The Balaban J connectivity index is 1.19. The third kappa shape index (κ3) is 7.31. The molecular weight excluding hydrogens is 546 g/mol. The highest BCUT2D eigenvalue weighted by Crippen LogP contribution is 2.38. The number of likely N-dealkylation sites (tertiary alicyclic amines) is 1. The van der Waals surface area contributed by atoms with Crippen molar-refractivity contribution in [1.82, 2.24) is 14.8 Å². The molecule has 0 radical (unpaired) electrons. The summed E-state index contributed by atoms with van der Waals surface area (Å²) in [6, 6.07) is 5.01. The zero-order valence-corrected chi connectivity index (χ0v) is 21.3. The lowest BCUT2D eigenvalue weighted by molar-refractivity contribution is -0.388. The Kier molecular flexibility index (Phi) is 8.71. The van der Waals surface area contributed by atoms with Crippen molar-refractivity contribution in [2.75, 3.05) is 56.0 Å². The van der Waals surface area contributed by atoms with E-state index in [4.69, 9.17) is 0 Å². The maximum absolute atomic E-state index is 13.2. The molecule has 2 saturated heterocycles. The SMILES string of the molecule is O=C(CCN1CCN(c2ccc(C(F)(F)F)nc2)CC1)N1CCC(Nc2ccc([N+](=O)[O-])c(C(F)(F)F)c2)CC1. The second-order valence-electron chi connectivity index (χ2n) is 9.76. The van der Waals surface area contributed by atoms with Crippen LogP contribution in [0.5, 0.6) is 0 Å². The highest BCUT2D eigenvalue weighted by Gasteiger charge is 2.38. The van der Waals surface area contributed by atoms with Crippen LogP contribution in [0.4, 0.5) is 43.4 Å². The summed E-state index contributed by atoms with van der Waals surface area (Å²) in [5, 5.41) is 13.9. The summed E-state index contributed by atoms with van der Waals surface area (Å²) in [7, 11) is 0. The lowest BCUT2D eigenvalue weighted by atomic mass is 10.0. The van der Waals surface area contributed by atoms with Gasteiger partial charge in [0.15, 0.2) is 0 Å². The molecule has 9 nitrogen and oxygen atoms in total. The van der Waals surface area contributed by atoms with Crippen LogP contribution in [-0.4, -0.2) is 77.5 Å². The number of aromatic nitrogens is 1. The van der Waals surface area contributed by atoms with Gasteiger partial charge in [-0.05, 0) is 37.1 Å². The Morgan fingerprint density at radius 1 is 0.975 bits per heavy atom. The van der Waals surface area contributed by atoms with Crippen LogP contribution in [0.25, 0.3) is 0 Å². The van der Waals surface area contributed by atoms with Crippen molar-refractivity contribution in [3.05, 3.63) is 57.9 Å². The van der Waals surface area contributed by atoms with Gasteiger partial charge in [0.05, 0.1) is 16.8 Å². The number of rotatable bonds is 7. The van der Waals surface area contributed by atoms with Crippen LogP contribution in [0, 0.1) is 10.1 Å². The zero-order valence-electron chi connectivity index (χ0n) is 21.3. The van der Waals surface area contributed by atoms with E-state index in [0.29, 0.717) is 70.8 Å². The third-order valence-corrected chi connectivity index (χ3v) is 7.13. The van der Waals surface area contributed by atoms with Gasteiger partial charge in [0.1, 0.15) is 11.3 Å². The number of hydrogen-bond donors (Lipinski definition) is 1. The number of nitro groups is 1. The normalized spacial score (nSPS) is 17.6. The summed E-state index contributed by atoms with van der Waals surface area (Å²) >= 11 is 0. The lowest BCUT2D eigenvalue weighted by Gasteiger charge is -2.37. The van der Waals surface area contributed by atoms with Crippen molar-refractivity contribution < 1.29 is 36.1 Å². The molecule has 1 aromatic carbocycles. The topological polar surface area (TPSA) is 94.9 Å². The van der Waals surface area contributed by atoms with Crippen molar-refractivity contribution in [3.8, 4) is 0 Å². The number of nitro benzene ring substituents is 1. The summed E-state index contributed by atoms with van der Waals surface area (Å²) in [6.07, 6.45) is -6.78. The second-order valence-corrected chi connectivity index (χ2v) is 9.76. The van der Waals surface area contributed by atoms with Crippen LogP contribution in [0.15, 0.2) is 36.5 Å². The number of hydrogen-bond acceptors (Lipinski definition) is 7. The number of piperazine rings is 1. The van der Waals surface area contributed by atoms with Gasteiger partial charge in [0.25, 0.3) is 5.69 Å². The van der Waals surface area contributed by atoms with Gasteiger partial charge in [-0.2, -0.15) is 26.3 Å². The Morgan fingerprint density at radius 2 is 1.65 bits per heavy atom. The molecule has 218 valence electrons. The van der Waals surface area contributed by atoms with Crippen molar-refractivity contribution >= 4 is 23.0 Å². The van der Waals surface area contributed by atoms with Crippen LogP contribution < -0.4 is 10.2 Å². The minimum Gasteiger partial charge on any atom is -0.382 e. The molecule has 1 amide bonds. The summed E-state index contributed by atoms with van der Waals surface area (Å²) in [6.45, 7) is 3.90. The van der Waals surface area contributed by atoms with Gasteiger partial charge < -0.3 is 15.1 Å². The van der Waals surface area contributed by atoms with Crippen molar-refractivity contribution in [3.63, 3.8) is 0 Å². The molecule has 1 aromatic heterocycles. The molecule has 1 N–H and O–H groups in total. The molecular formula is C25H28F6N6O3. The molecule has 0 spiro atoms. The average Bonchev–Trinajstić information content (AvgIpc) is 2.91. The van der Waals surface area contributed by atoms with Crippen LogP contribution in [0.2, 0.25) is 0 Å². The highest BCUT2D eigenvalue weighted by atomic mass is 19.4. The zero-order chi connectivity index (χ0) is 29.1. The molecule has 15 heteroatoms. The largest absolute Gasteiger partial charge is 0.433 e. The van der Waals surface area contributed by atoms with E-state index >= 15 is 0 Å². The molecule has 4 rings (SSSR count). The fourth-order valence-electron chi connectivity index (χ4n) is 4.90. The van der Waals surface area contributed by atoms with Crippen molar-refractivity contribution in [2.24, 2.45) is 0 Å². The molecule has 0 saturated carbocycles. The summed E-state index contributed by atoms with van der Waals surface area (Å²) in [4.78, 5) is 31.9. The maximum Gasteiger partial charge on any atom is 0.433 e. The Morgan fingerprint density at radius 3 is 2.20 bits per heavy atom. The number of carbonyl (C=O) groups excluding carboxylic acids is 1. The van der Waals surface area contributed by atoms with Crippen molar-refractivity contribution in [1.29, 1.82) is 0 Å². The number of piperidine rings is 1. The number of alkyl halides is 6. The molecule has 0 aliphatic carbocycles. The van der Waals surface area contributed by atoms with Crippen LogP contribution >= 0.6 is 0 Å². The fraction of sp³-hybridized carbons (Fsp3) is 0.520. The smallest absolute Gasteiger partial charge is 0.382 e. The predicted molar refractivity (Wildman–Crippen MR) is 134 cm³/mol. The first-order valence-corrected chi connectivity index (χ1v) is 12.7. The van der Waals surface area contributed by atoms with Crippen LogP contribution in [-0.2, 0) is 17.1 Å². The maximum atomic E-state index is 13.2. The van der Waals surface area contributed by atoms with E-state index in [1.165, 1.54) is 18.3 Å². The molecule has 2 aromatic rings. The van der Waals surface area contributed by atoms with E-state index in [0.717, 1.165) is 18.2 Å². The van der Waals surface area contributed by atoms with E-state index in [9.17, 15) is 41.3 Å². The van der Waals surface area contributed by atoms with Gasteiger partial charge in [0, 0.05) is 70.0 Å². The first-order chi connectivity index (χ1) is 18.8. The van der Waals surface area contributed by atoms with Crippen molar-refractivity contribution in [2.45, 2.75) is 37.7 Å². The molecule has 2 aliphatic rings. The number of nitrogens with zero attached hydrogens (tertiary/aromatic N) is 5. The van der Waals surface area contributed by atoms with Gasteiger partial charge >= 0.3 is 12.4 Å². The number of carbonyl (C=O) groups is 1. The number of nitrogens with one attached hydrogen (secondary N) is 1. The summed E-state index contributed by atoms with van der Waals surface area (Å²) < 4.78 is 77.9. The van der Waals surface area contributed by atoms with E-state index in [-0.39, 0.29) is 17.6 Å². The first-order valence-electron chi connectivity index (χ1n) is 12.7. The predicted octanol–water partition coefficient (Wildman–Crippen LogP) is 4.64.